The third kappa shape index (κ3) is 3.06. The summed E-state index contributed by atoms with van der Waals surface area (Å²) in [5, 5.41) is 0. The Labute approximate surface area is 120 Å². The summed E-state index contributed by atoms with van der Waals surface area (Å²) in [5.41, 5.74) is 6.97. The van der Waals surface area contributed by atoms with Crippen molar-refractivity contribution in [2.45, 2.75) is 45.1 Å². The summed E-state index contributed by atoms with van der Waals surface area (Å²) >= 11 is 0. The highest BCUT2D eigenvalue weighted by Gasteiger charge is 2.26. The molecule has 0 spiro atoms. The van der Waals surface area contributed by atoms with E-state index < -0.39 is 0 Å². The normalized spacial score (nSPS) is 15.9. The zero-order valence-corrected chi connectivity index (χ0v) is 12.4. The van der Waals surface area contributed by atoms with Crippen molar-refractivity contribution in [3.63, 3.8) is 0 Å². The van der Waals surface area contributed by atoms with Gasteiger partial charge in [0, 0.05) is 18.3 Å². The Bertz CT molecular complexity index is 468. The van der Waals surface area contributed by atoms with Crippen molar-refractivity contribution >= 4 is 11.6 Å². The lowest BCUT2D eigenvalue weighted by molar-refractivity contribution is 0.0644. The van der Waals surface area contributed by atoms with Crippen LogP contribution in [0.25, 0.3) is 0 Å². The van der Waals surface area contributed by atoms with Crippen LogP contribution in [0.3, 0.4) is 0 Å². The van der Waals surface area contributed by atoms with E-state index in [2.05, 4.69) is 0 Å². The highest BCUT2D eigenvalue weighted by atomic mass is 16.5. The number of carbonyl (C=O) groups is 1. The van der Waals surface area contributed by atoms with Crippen LogP contribution in [0.15, 0.2) is 18.2 Å². The van der Waals surface area contributed by atoms with Gasteiger partial charge in [-0.2, -0.15) is 0 Å². The minimum absolute atomic E-state index is 0.0311. The van der Waals surface area contributed by atoms with E-state index in [-0.39, 0.29) is 5.91 Å². The van der Waals surface area contributed by atoms with Gasteiger partial charge in [0.1, 0.15) is 5.75 Å². The number of hydrogen-bond acceptors (Lipinski definition) is 3. The molecule has 1 amide bonds. The van der Waals surface area contributed by atoms with Crippen LogP contribution in [-0.4, -0.2) is 30.5 Å². The highest BCUT2D eigenvalue weighted by molar-refractivity contribution is 5.98. The number of amides is 1. The number of nitrogen functional groups attached to an aromatic ring is 1. The molecule has 1 aliphatic carbocycles. The van der Waals surface area contributed by atoms with Gasteiger partial charge in [-0.1, -0.05) is 19.3 Å². The maximum atomic E-state index is 12.8. The standard InChI is InChI=1S/C16H24N2O2/c1-3-18(13-7-5-4-6-8-13)16(19)14-11-12(17)9-10-15(14)20-2/h9-11,13H,3-8,17H2,1-2H3. The van der Waals surface area contributed by atoms with Crippen molar-refractivity contribution in [1.29, 1.82) is 0 Å². The van der Waals surface area contributed by atoms with Gasteiger partial charge in [-0.3, -0.25) is 4.79 Å². The van der Waals surface area contributed by atoms with Crippen molar-refractivity contribution in [1.82, 2.24) is 4.90 Å². The number of ether oxygens (including phenoxy) is 1. The van der Waals surface area contributed by atoms with E-state index >= 15 is 0 Å². The molecule has 0 aromatic heterocycles. The largest absolute Gasteiger partial charge is 0.496 e. The number of nitrogens with two attached hydrogens (primary N) is 1. The van der Waals surface area contributed by atoms with E-state index in [0.717, 1.165) is 19.4 Å². The average Bonchev–Trinajstić information content (AvgIpc) is 2.49. The van der Waals surface area contributed by atoms with Gasteiger partial charge in [-0.15, -0.1) is 0 Å². The fraction of sp³-hybridized carbons (Fsp3) is 0.562. The number of hydrogen-bond donors (Lipinski definition) is 1. The molecular formula is C16H24N2O2. The Morgan fingerprint density at radius 2 is 2.05 bits per heavy atom. The lowest BCUT2D eigenvalue weighted by Crippen LogP contribution is -2.41. The molecule has 0 aliphatic heterocycles. The Balaban J connectivity index is 2.25. The summed E-state index contributed by atoms with van der Waals surface area (Å²) in [4.78, 5) is 14.8. The smallest absolute Gasteiger partial charge is 0.257 e. The van der Waals surface area contributed by atoms with Crippen molar-refractivity contribution in [3.05, 3.63) is 23.8 Å². The molecule has 4 heteroatoms. The van der Waals surface area contributed by atoms with Gasteiger partial charge < -0.3 is 15.4 Å². The minimum Gasteiger partial charge on any atom is -0.496 e. The molecule has 1 saturated carbocycles. The quantitative estimate of drug-likeness (QED) is 0.860. The molecule has 0 unspecified atom stereocenters. The summed E-state index contributed by atoms with van der Waals surface area (Å²) < 4.78 is 5.30. The fourth-order valence-corrected chi connectivity index (χ4v) is 3.01. The van der Waals surface area contributed by atoms with Crippen molar-refractivity contribution < 1.29 is 9.53 Å². The van der Waals surface area contributed by atoms with Crippen molar-refractivity contribution in [2.75, 3.05) is 19.4 Å². The third-order valence-corrected chi connectivity index (χ3v) is 4.07. The van der Waals surface area contributed by atoms with Crippen molar-refractivity contribution in [3.8, 4) is 5.75 Å². The molecule has 4 nitrogen and oxygen atoms in total. The predicted octanol–water partition coefficient (Wildman–Crippen LogP) is 3.07. The topological polar surface area (TPSA) is 55.6 Å². The van der Waals surface area contributed by atoms with Crippen LogP contribution in [0.4, 0.5) is 5.69 Å². The van der Waals surface area contributed by atoms with Gasteiger partial charge in [0.25, 0.3) is 5.91 Å². The van der Waals surface area contributed by atoms with Crippen LogP contribution < -0.4 is 10.5 Å². The second-order valence-corrected chi connectivity index (χ2v) is 5.34. The zero-order valence-electron chi connectivity index (χ0n) is 12.4. The van der Waals surface area contributed by atoms with Crippen LogP contribution in [-0.2, 0) is 0 Å². The van der Waals surface area contributed by atoms with E-state index in [1.54, 1.807) is 25.3 Å². The number of carbonyl (C=O) groups excluding carboxylic acids is 1. The number of methoxy groups -OCH3 is 1. The van der Waals surface area contributed by atoms with Crippen LogP contribution in [0.1, 0.15) is 49.4 Å². The number of benzene rings is 1. The Morgan fingerprint density at radius 3 is 2.65 bits per heavy atom. The van der Waals surface area contributed by atoms with E-state index in [1.807, 2.05) is 11.8 Å². The molecule has 1 fully saturated rings. The van der Waals surface area contributed by atoms with E-state index in [0.29, 0.717) is 23.0 Å². The second kappa shape index (κ2) is 6.64. The molecule has 1 aromatic rings. The van der Waals surface area contributed by atoms with E-state index in [9.17, 15) is 4.79 Å². The predicted molar refractivity (Wildman–Crippen MR) is 81.0 cm³/mol. The van der Waals surface area contributed by atoms with E-state index in [1.165, 1.54) is 19.3 Å². The molecule has 0 atom stereocenters. The Kier molecular flexibility index (Phi) is 4.88. The SMILES string of the molecule is CCN(C(=O)c1cc(N)ccc1OC)C1CCCCC1. The minimum atomic E-state index is 0.0311. The monoisotopic (exact) mass is 276 g/mol. The fourth-order valence-electron chi connectivity index (χ4n) is 3.01. The van der Waals surface area contributed by atoms with E-state index in [4.69, 9.17) is 10.5 Å². The van der Waals surface area contributed by atoms with Crippen LogP contribution in [0.2, 0.25) is 0 Å². The van der Waals surface area contributed by atoms with Crippen LogP contribution >= 0.6 is 0 Å². The highest BCUT2D eigenvalue weighted by Crippen LogP contribution is 2.27. The zero-order chi connectivity index (χ0) is 14.5. The molecule has 2 N–H and O–H groups in total. The average molecular weight is 276 g/mol. The van der Waals surface area contributed by atoms with Gasteiger partial charge in [0.05, 0.1) is 12.7 Å². The van der Waals surface area contributed by atoms with Crippen LogP contribution in [0.5, 0.6) is 5.75 Å². The van der Waals surface area contributed by atoms with Crippen LogP contribution in [0, 0.1) is 0 Å². The molecule has 0 heterocycles. The van der Waals surface area contributed by atoms with Gasteiger partial charge >= 0.3 is 0 Å². The maximum Gasteiger partial charge on any atom is 0.257 e. The first-order valence-corrected chi connectivity index (χ1v) is 7.41. The molecule has 20 heavy (non-hydrogen) atoms. The molecule has 2 rings (SSSR count). The first-order valence-electron chi connectivity index (χ1n) is 7.41. The third-order valence-electron chi connectivity index (χ3n) is 4.07. The molecule has 0 saturated heterocycles. The van der Waals surface area contributed by atoms with Crippen molar-refractivity contribution in [2.24, 2.45) is 0 Å². The van der Waals surface area contributed by atoms with Gasteiger partial charge in [-0.25, -0.2) is 0 Å². The molecule has 1 aromatic carbocycles. The first kappa shape index (κ1) is 14.7. The molecule has 0 radical (unpaired) electrons. The first-order chi connectivity index (χ1) is 9.67. The molecule has 0 bridgehead atoms. The number of anilines is 1. The molecule has 1 aliphatic rings. The van der Waals surface area contributed by atoms with Gasteiger partial charge in [0.15, 0.2) is 0 Å². The maximum absolute atomic E-state index is 12.8. The lowest BCUT2D eigenvalue weighted by atomic mass is 9.93. The lowest BCUT2D eigenvalue weighted by Gasteiger charge is -2.34. The number of rotatable bonds is 4. The Hall–Kier alpha value is -1.71. The molecule has 110 valence electrons. The summed E-state index contributed by atoms with van der Waals surface area (Å²) in [7, 11) is 1.58. The summed E-state index contributed by atoms with van der Waals surface area (Å²) in [6, 6.07) is 5.59. The summed E-state index contributed by atoms with van der Waals surface area (Å²) in [5.74, 6) is 0.627. The second-order valence-electron chi connectivity index (χ2n) is 5.34. The van der Waals surface area contributed by atoms with Gasteiger partial charge in [0.2, 0.25) is 0 Å². The molecular weight excluding hydrogens is 252 g/mol. The van der Waals surface area contributed by atoms with Gasteiger partial charge in [-0.05, 0) is 38.0 Å². The Morgan fingerprint density at radius 1 is 1.35 bits per heavy atom. The summed E-state index contributed by atoms with van der Waals surface area (Å²) in [6.45, 7) is 2.76. The summed E-state index contributed by atoms with van der Waals surface area (Å²) in [6.07, 6.45) is 5.91. The number of nitrogens with zero attached hydrogens (tertiary/aromatic N) is 1.